The molecule has 0 radical (unpaired) electrons. The number of hydrogen-bond acceptors (Lipinski definition) is 6. The van der Waals surface area contributed by atoms with Crippen molar-refractivity contribution >= 4 is 17.9 Å². The topological polar surface area (TPSA) is 78.9 Å². The summed E-state index contributed by atoms with van der Waals surface area (Å²) in [5, 5.41) is 0. The number of hydrogen-bond donors (Lipinski definition) is 0. The van der Waals surface area contributed by atoms with Crippen LogP contribution in [0.5, 0.6) is 0 Å². The van der Waals surface area contributed by atoms with Gasteiger partial charge in [-0.25, -0.2) is 0 Å². The van der Waals surface area contributed by atoms with Gasteiger partial charge in [-0.3, -0.25) is 14.4 Å². The molecule has 0 rings (SSSR count). The maximum Gasteiger partial charge on any atom is 0.306 e. The Labute approximate surface area is 416 Å². The molecule has 1 unspecified atom stereocenters. The molecule has 0 saturated carbocycles. The highest BCUT2D eigenvalue weighted by molar-refractivity contribution is 5.71. The molecule has 6 heteroatoms. The van der Waals surface area contributed by atoms with Gasteiger partial charge in [-0.1, -0.05) is 249 Å². The summed E-state index contributed by atoms with van der Waals surface area (Å²) in [6, 6.07) is 0. The van der Waals surface area contributed by atoms with Gasteiger partial charge in [-0.05, 0) is 83.5 Å². The van der Waals surface area contributed by atoms with Crippen molar-refractivity contribution in [1.29, 1.82) is 0 Å². The van der Waals surface area contributed by atoms with Crippen LogP contribution in [0.4, 0.5) is 0 Å². The zero-order valence-corrected chi connectivity index (χ0v) is 44.7. The average molecular weight is 940 g/mol. The highest BCUT2D eigenvalue weighted by Crippen LogP contribution is 2.16. The zero-order chi connectivity index (χ0) is 48.6. The van der Waals surface area contributed by atoms with Crippen molar-refractivity contribution < 1.29 is 28.6 Å². The number of esters is 3. The molecule has 1 atom stereocenters. The molecule has 0 N–H and O–H groups in total. The van der Waals surface area contributed by atoms with Crippen LogP contribution in [0, 0.1) is 0 Å². The molecule has 0 aromatic heterocycles. The zero-order valence-electron chi connectivity index (χ0n) is 44.7. The second-order valence-electron chi connectivity index (χ2n) is 19.6. The maximum absolute atomic E-state index is 12.8. The van der Waals surface area contributed by atoms with E-state index in [9.17, 15) is 14.4 Å². The summed E-state index contributed by atoms with van der Waals surface area (Å²) in [5.74, 6) is -0.894. The molecule has 390 valence electrons. The van der Waals surface area contributed by atoms with Gasteiger partial charge in [0, 0.05) is 19.3 Å². The second-order valence-corrected chi connectivity index (χ2v) is 19.6. The summed E-state index contributed by atoms with van der Waals surface area (Å²) in [5.41, 5.74) is 0. The van der Waals surface area contributed by atoms with E-state index in [-0.39, 0.29) is 31.1 Å². The van der Waals surface area contributed by atoms with Crippen LogP contribution in [-0.2, 0) is 28.6 Å². The smallest absolute Gasteiger partial charge is 0.306 e. The fourth-order valence-electron chi connectivity index (χ4n) is 8.39. The summed E-state index contributed by atoms with van der Waals surface area (Å²) in [6.45, 7) is 6.62. The van der Waals surface area contributed by atoms with Crippen molar-refractivity contribution in [3.8, 4) is 0 Å². The molecule has 0 spiro atoms. The average Bonchev–Trinajstić information content (AvgIpc) is 3.33. The molecule has 0 heterocycles. The van der Waals surface area contributed by atoms with Crippen molar-refractivity contribution in [3.05, 3.63) is 48.6 Å². The highest BCUT2D eigenvalue weighted by atomic mass is 16.6. The second kappa shape index (κ2) is 56.0. The van der Waals surface area contributed by atoms with Crippen LogP contribution in [0.2, 0.25) is 0 Å². The van der Waals surface area contributed by atoms with Crippen LogP contribution in [0.3, 0.4) is 0 Å². The highest BCUT2D eigenvalue weighted by Gasteiger charge is 2.19. The third-order valence-electron chi connectivity index (χ3n) is 12.8. The molecule has 0 aliphatic rings. The standard InChI is InChI=1S/C61H110O6/c1-4-7-10-13-16-19-22-25-28-31-34-36-39-42-45-48-51-54-60(63)66-57-58(67-61(64)55-52-49-46-43-40-37-33-30-27-24-21-18-15-12-9-6-3)56-65-59(62)53-50-47-44-41-38-35-32-29-26-23-20-17-14-11-8-5-2/h20-21,23-24,29-30,32-33,58H,4-19,22,25-28,31,34-57H2,1-3H3/b23-20-,24-21-,32-29-,33-30-. The van der Waals surface area contributed by atoms with Crippen LogP contribution in [0.1, 0.15) is 303 Å². The van der Waals surface area contributed by atoms with Gasteiger partial charge in [0.05, 0.1) is 0 Å². The third-order valence-corrected chi connectivity index (χ3v) is 12.8. The first-order chi connectivity index (χ1) is 33.0. The first kappa shape index (κ1) is 64.4. The van der Waals surface area contributed by atoms with E-state index in [0.717, 1.165) is 103 Å². The Morgan fingerprint density at radius 3 is 0.836 bits per heavy atom. The first-order valence-electron chi connectivity index (χ1n) is 29.1. The molecule has 0 aromatic carbocycles. The Bertz CT molecular complexity index is 1170. The predicted octanol–water partition coefficient (Wildman–Crippen LogP) is 19.4. The number of carbonyl (C=O) groups excluding carboxylic acids is 3. The molecule has 6 nitrogen and oxygen atoms in total. The minimum atomic E-state index is -0.784. The summed E-state index contributed by atoms with van der Waals surface area (Å²) in [7, 11) is 0. The van der Waals surface area contributed by atoms with E-state index in [1.807, 2.05) is 0 Å². The molecule has 0 aliphatic heterocycles. The van der Waals surface area contributed by atoms with Gasteiger partial charge in [0.15, 0.2) is 6.10 Å². The fourth-order valence-corrected chi connectivity index (χ4v) is 8.39. The number of rotatable bonds is 53. The van der Waals surface area contributed by atoms with Crippen molar-refractivity contribution in [3.63, 3.8) is 0 Å². The minimum absolute atomic E-state index is 0.0805. The summed E-state index contributed by atoms with van der Waals surface area (Å²) >= 11 is 0. The third kappa shape index (κ3) is 54.2. The summed E-state index contributed by atoms with van der Waals surface area (Å²) in [4.78, 5) is 38.2. The Kier molecular flexibility index (Phi) is 53.8. The van der Waals surface area contributed by atoms with Crippen molar-refractivity contribution in [2.75, 3.05) is 13.2 Å². The SMILES string of the molecule is CCCCCC/C=C\C/C=C\CCCCCCCC(=O)OCC(COC(=O)CCCCCCCCCCCCCCCCCCC)OC(=O)CCCCCCC/C=C\C/C=C\CCCCCC. The van der Waals surface area contributed by atoms with Crippen molar-refractivity contribution in [1.82, 2.24) is 0 Å². The Morgan fingerprint density at radius 1 is 0.299 bits per heavy atom. The first-order valence-corrected chi connectivity index (χ1v) is 29.1. The Morgan fingerprint density at radius 2 is 0.537 bits per heavy atom. The lowest BCUT2D eigenvalue weighted by molar-refractivity contribution is -0.167. The lowest BCUT2D eigenvalue weighted by atomic mass is 10.0. The van der Waals surface area contributed by atoms with Gasteiger partial charge in [0.2, 0.25) is 0 Å². The number of carbonyl (C=O) groups is 3. The van der Waals surface area contributed by atoms with Gasteiger partial charge in [0.25, 0.3) is 0 Å². The van der Waals surface area contributed by atoms with E-state index >= 15 is 0 Å². The van der Waals surface area contributed by atoms with E-state index in [1.54, 1.807) is 0 Å². The minimum Gasteiger partial charge on any atom is -0.462 e. The summed E-state index contributed by atoms with van der Waals surface area (Å²) < 4.78 is 16.9. The van der Waals surface area contributed by atoms with Gasteiger partial charge in [-0.15, -0.1) is 0 Å². The fraction of sp³-hybridized carbons (Fsp3) is 0.820. The lowest BCUT2D eigenvalue weighted by Gasteiger charge is -2.18. The monoisotopic (exact) mass is 939 g/mol. The lowest BCUT2D eigenvalue weighted by Crippen LogP contribution is -2.30. The van der Waals surface area contributed by atoms with E-state index < -0.39 is 6.10 Å². The van der Waals surface area contributed by atoms with Crippen LogP contribution >= 0.6 is 0 Å². The molecule has 0 aliphatic carbocycles. The normalized spacial score (nSPS) is 12.3. The predicted molar refractivity (Wildman–Crippen MR) is 289 cm³/mol. The van der Waals surface area contributed by atoms with Gasteiger partial charge in [0.1, 0.15) is 13.2 Å². The van der Waals surface area contributed by atoms with E-state index in [4.69, 9.17) is 14.2 Å². The van der Waals surface area contributed by atoms with Gasteiger partial charge in [-0.2, -0.15) is 0 Å². The molecule has 0 amide bonds. The Balaban J connectivity index is 4.39. The van der Waals surface area contributed by atoms with E-state index in [0.29, 0.717) is 19.3 Å². The summed E-state index contributed by atoms with van der Waals surface area (Å²) in [6.07, 6.45) is 68.1. The van der Waals surface area contributed by atoms with E-state index in [2.05, 4.69) is 69.4 Å². The molecule has 0 aromatic rings. The number of ether oxygens (including phenoxy) is 3. The van der Waals surface area contributed by atoms with Crippen molar-refractivity contribution in [2.24, 2.45) is 0 Å². The Hall–Kier alpha value is -2.63. The van der Waals surface area contributed by atoms with Crippen LogP contribution in [0.15, 0.2) is 48.6 Å². The molecule has 67 heavy (non-hydrogen) atoms. The molecule has 0 saturated heterocycles. The number of unbranched alkanes of at least 4 members (excludes halogenated alkanes) is 34. The molecule has 0 fully saturated rings. The van der Waals surface area contributed by atoms with Crippen LogP contribution in [-0.4, -0.2) is 37.2 Å². The molecular weight excluding hydrogens is 829 g/mol. The van der Waals surface area contributed by atoms with Crippen molar-refractivity contribution in [2.45, 2.75) is 309 Å². The van der Waals surface area contributed by atoms with E-state index in [1.165, 1.54) is 161 Å². The van der Waals surface area contributed by atoms with Gasteiger partial charge >= 0.3 is 17.9 Å². The number of allylic oxidation sites excluding steroid dienone is 8. The quantitative estimate of drug-likeness (QED) is 0.0262. The van der Waals surface area contributed by atoms with Crippen LogP contribution in [0.25, 0.3) is 0 Å². The van der Waals surface area contributed by atoms with Crippen LogP contribution < -0.4 is 0 Å². The maximum atomic E-state index is 12.8. The largest absolute Gasteiger partial charge is 0.462 e. The molecular formula is C61H110O6. The van der Waals surface area contributed by atoms with Gasteiger partial charge < -0.3 is 14.2 Å². The molecule has 0 bridgehead atoms.